The van der Waals surface area contributed by atoms with Crippen molar-refractivity contribution in [1.29, 1.82) is 0 Å². The first kappa shape index (κ1) is 11.6. The van der Waals surface area contributed by atoms with Gasteiger partial charge in [0.05, 0.1) is 6.20 Å². The quantitative estimate of drug-likeness (QED) is 0.709. The number of sulfonamides is 1. The molecule has 7 heteroatoms. The van der Waals surface area contributed by atoms with Crippen LogP contribution in [0, 0.1) is 0 Å². The van der Waals surface area contributed by atoms with Gasteiger partial charge in [0.2, 0.25) is 0 Å². The van der Waals surface area contributed by atoms with Crippen molar-refractivity contribution < 1.29 is 8.42 Å². The Bertz CT molecular complexity index is 473. The van der Waals surface area contributed by atoms with Crippen LogP contribution in [0.2, 0.25) is 0 Å². The molecule has 1 aromatic heterocycles. The van der Waals surface area contributed by atoms with Gasteiger partial charge in [0, 0.05) is 26.2 Å². The second-order valence-corrected chi connectivity index (χ2v) is 6.12. The number of hydrogen-bond acceptors (Lipinski definition) is 4. The first-order valence-corrected chi connectivity index (χ1v) is 6.51. The maximum atomic E-state index is 12.1. The predicted octanol–water partition coefficient (Wildman–Crippen LogP) is -0.645. The van der Waals surface area contributed by atoms with Gasteiger partial charge in [-0.2, -0.15) is 9.40 Å². The molecule has 0 N–H and O–H groups in total. The minimum absolute atomic E-state index is 0.254. The van der Waals surface area contributed by atoms with Crippen molar-refractivity contribution in [2.24, 2.45) is 7.05 Å². The van der Waals surface area contributed by atoms with E-state index in [0.717, 1.165) is 0 Å². The summed E-state index contributed by atoms with van der Waals surface area (Å²) in [6.45, 7) is 1.11. The van der Waals surface area contributed by atoms with E-state index in [1.165, 1.54) is 21.3 Å². The highest BCUT2D eigenvalue weighted by molar-refractivity contribution is 7.89. The van der Waals surface area contributed by atoms with E-state index in [1.54, 1.807) is 7.05 Å². The molecular weight excluding hydrogens is 228 g/mol. The van der Waals surface area contributed by atoms with E-state index in [9.17, 15) is 8.42 Å². The van der Waals surface area contributed by atoms with Gasteiger partial charge in [-0.25, -0.2) is 8.42 Å². The second-order valence-electron chi connectivity index (χ2n) is 4.23. The lowest BCUT2D eigenvalue weighted by Crippen LogP contribution is -2.59. The lowest BCUT2D eigenvalue weighted by atomic mass is 10.2. The fraction of sp³-hybridized carbons (Fsp3) is 0.667. The molecule has 1 aromatic rings. The summed E-state index contributed by atoms with van der Waals surface area (Å²) in [5, 5.41) is 4.13. The lowest BCUT2D eigenvalue weighted by Gasteiger charge is -2.41. The molecule has 0 bridgehead atoms. The van der Waals surface area contributed by atoms with Crippen molar-refractivity contribution in [2.45, 2.75) is 11.1 Å². The van der Waals surface area contributed by atoms with Crippen LogP contribution in [-0.2, 0) is 17.1 Å². The van der Waals surface area contributed by atoms with Crippen LogP contribution in [0.3, 0.4) is 0 Å². The van der Waals surface area contributed by atoms with Crippen LogP contribution in [-0.4, -0.2) is 60.6 Å². The molecule has 0 atom stereocenters. The number of rotatable bonds is 3. The van der Waals surface area contributed by atoms with Crippen LogP contribution in [0.25, 0.3) is 0 Å². The Morgan fingerprint density at radius 3 is 2.50 bits per heavy atom. The first-order chi connectivity index (χ1) is 7.43. The van der Waals surface area contributed by atoms with Crippen molar-refractivity contribution in [1.82, 2.24) is 19.0 Å². The molecule has 0 spiro atoms. The smallest absolute Gasteiger partial charge is 0.260 e. The monoisotopic (exact) mass is 244 g/mol. The zero-order chi connectivity index (χ0) is 11.9. The number of aryl methyl sites for hydroxylation is 1. The van der Waals surface area contributed by atoms with E-state index in [-0.39, 0.29) is 5.03 Å². The summed E-state index contributed by atoms with van der Waals surface area (Å²) >= 11 is 0. The van der Waals surface area contributed by atoms with Gasteiger partial charge in [0.25, 0.3) is 10.0 Å². The van der Waals surface area contributed by atoms with Crippen molar-refractivity contribution in [3.05, 3.63) is 12.3 Å². The molecule has 0 radical (unpaired) electrons. The van der Waals surface area contributed by atoms with Gasteiger partial charge < -0.3 is 4.90 Å². The third-order valence-electron chi connectivity index (χ3n) is 2.94. The molecule has 2 heterocycles. The molecule has 1 fully saturated rings. The standard InChI is InChI=1S/C9H16N4O2S/c1-11(2)8-6-13(7-8)16(14,15)9-4-5-10-12(9)3/h4-5,8H,6-7H2,1-3H3. The molecule has 0 amide bonds. The Balaban J connectivity index is 2.15. The molecule has 0 aliphatic carbocycles. The topological polar surface area (TPSA) is 58.4 Å². The average Bonchev–Trinajstić information content (AvgIpc) is 2.47. The number of likely N-dealkylation sites (N-methyl/N-ethyl adjacent to an activating group) is 1. The molecule has 1 aliphatic rings. The zero-order valence-electron chi connectivity index (χ0n) is 9.66. The van der Waals surface area contributed by atoms with Gasteiger partial charge >= 0.3 is 0 Å². The van der Waals surface area contributed by atoms with Gasteiger partial charge in [-0.3, -0.25) is 4.68 Å². The van der Waals surface area contributed by atoms with Crippen molar-refractivity contribution in [2.75, 3.05) is 27.2 Å². The maximum Gasteiger partial charge on any atom is 0.260 e. The Hall–Kier alpha value is -0.920. The van der Waals surface area contributed by atoms with Crippen LogP contribution in [0.5, 0.6) is 0 Å². The summed E-state index contributed by atoms with van der Waals surface area (Å²) in [4.78, 5) is 2.04. The number of hydrogen-bond donors (Lipinski definition) is 0. The molecule has 1 saturated heterocycles. The summed E-state index contributed by atoms with van der Waals surface area (Å²) in [5.74, 6) is 0. The van der Waals surface area contributed by atoms with Gasteiger partial charge in [0.1, 0.15) is 0 Å². The summed E-state index contributed by atoms with van der Waals surface area (Å²) < 4.78 is 27.1. The Labute approximate surface area is 95.5 Å². The highest BCUT2D eigenvalue weighted by Gasteiger charge is 2.38. The molecule has 2 rings (SSSR count). The van der Waals surface area contributed by atoms with Crippen molar-refractivity contribution in [3.8, 4) is 0 Å². The van der Waals surface area contributed by atoms with Crippen LogP contribution >= 0.6 is 0 Å². The number of nitrogens with zero attached hydrogens (tertiary/aromatic N) is 4. The Kier molecular flexibility index (Phi) is 2.77. The van der Waals surface area contributed by atoms with E-state index < -0.39 is 10.0 Å². The highest BCUT2D eigenvalue weighted by atomic mass is 32.2. The molecule has 1 aliphatic heterocycles. The van der Waals surface area contributed by atoms with Gasteiger partial charge in [-0.15, -0.1) is 0 Å². The minimum Gasteiger partial charge on any atom is -0.304 e. The van der Waals surface area contributed by atoms with Crippen LogP contribution in [0.4, 0.5) is 0 Å². The number of aromatic nitrogens is 2. The van der Waals surface area contributed by atoms with E-state index in [2.05, 4.69) is 5.10 Å². The van der Waals surface area contributed by atoms with Crippen LogP contribution in [0.1, 0.15) is 0 Å². The Morgan fingerprint density at radius 1 is 1.44 bits per heavy atom. The molecule has 0 aromatic carbocycles. The first-order valence-electron chi connectivity index (χ1n) is 5.07. The summed E-state index contributed by atoms with van der Waals surface area (Å²) in [6.07, 6.45) is 1.50. The van der Waals surface area contributed by atoms with E-state index in [4.69, 9.17) is 0 Å². The molecule has 90 valence electrons. The fourth-order valence-corrected chi connectivity index (χ4v) is 3.30. The average molecular weight is 244 g/mol. The third-order valence-corrected chi connectivity index (χ3v) is 4.85. The molecule has 0 unspecified atom stereocenters. The zero-order valence-corrected chi connectivity index (χ0v) is 10.5. The van der Waals surface area contributed by atoms with Crippen molar-refractivity contribution >= 4 is 10.0 Å². The van der Waals surface area contributed by atoms with Gasteiger partial charge in [-0.05, 0) is 20.2 Å². The SMILES string of the molecule is CN(C)C1CN(S(=O)(=O)c2ccnn2C)C1. The lowest BCUT2D eigenvalue weighted by molar-refractivity contribution is 0.133. The largest absolute Gasteiger partial charge is 0.304 e. The minimum atomic E-state index is -3.35. The van der Waals surface area contributed by atoms with Crippen LogP contribution < -0.4 is 0 Å². The van der Waals surface area contributed by atoms with E-state index in [1.807, 2.05) is 19.0 Å². The van der Waals surface area contributed by atoms with Crippen LogP contribution in [0.15, 0.2) is 17.3 Å². The molecule has 0 saturated carbocycles. The molecule has 16 heavy (non-hydrogen) atoms. The van der Waals surface area contributed by atoms with Crippen molar-refractivity contribution in [3.63, 3.8) is 0 Å². The molecule has 6 nitrogen and oxygen atoms in total. The summed E-state index contributed by atoms with van der Waals surface area (Å²) in [6, 6.07) is 1.85. The highest BCUT2D eigenvalue weighted by Crippen LogP contribution is 2.22. The summed E-state index contributed by atoms with van der Waals surface area (Å²) in [7, 11) is 2.20. The normalized spacial score (nSPS) is 19.0. The Morgan fingerprint density at radius 2 is 2.06 bits per heavy atom. The summed E-state index contributed by atoms with van der Waals surface area (Å²) in [5.41, 5.74) is 0. The van der Waals surface area contributed by atoms with E-state index >= 15 is 0 Å². The predicted molar refractivity (Wildman–Crippen MR) is 59.4 cm³/mol. The third kappa shape index (κ3) is 1.74. The van der Waals surface area contributed by atoms with E-state index in [0.29, 0.717) is 19.1 Å². The van der Waals surface area contributed by atoms with Gasteiger partial charge in [0.15, 0.2) is 5.03 Å². The fourth-order valence-electron chi connectivity index (χ4n) is 1.69. The maximum absolute atomic E-state index is 12.1. The second kappa shape index (κ2) is 3.83. The van der Waals surface area contributed by atoms with Gasteiger partial charge in [-0.1, -0.05) is 0 Å². The molecular formula is C9H16N4O2S.